The van der Waals surface area contributed by atoms with Crippen LogP contribution in [-0.4, -0.2) is 37.5 Å². The van der Waals surface area contributed by atoms with Crippen molar-refractivity contribution in [1.82, 2.24) is 4.90 Å². The van der Waals surface area contributed by atoms with Crippen LogP contribution in [0.4, 0.5) is 5.69 Å². The average Bonchev–Trinajstić information content (AvgIpc) is 2.33. The van der Waals surface area contributed by atoms with E-state index in [4.69, 9.17) is 5.73 Å². The summed E-state index contributed by atoms with van der Waals surface area (Å²) < 4.78 is 0. The Hall–Kier alpha value is -1.39. The van der Waals surface area contributed by atoms with E-state index < -0.39 is 0 Å². The van der Waals surface area contributed by atoms with Crippen LogP contribution in [0.1, 0.15) is 24.5 Å². The van der Waals surface area contributed by atoms with E-state index >= 15 is 0 Å². The maximum absolute atomic E-state index is 11.6. The molecule has 1 aromatic carbocycles. The zero-order valence-electron chi connectivity index (χ0n) is 12.0. The first kappa shape index (κ1) is 14.0. The van der Waals surface area contributed by atoms with Crippen LogP contribution in [0.2, 0.25) is 0 Å². The summed E-state index contributed by atoms with van der Waals surface area (Å²) in [6.45, 7) is 3.80. The van der Waals surface area contributed by atoms with Crippen LogP contribution in [0.5, 0.6) is 0 Å². The van der Waals surface area contributed by atoms with Crippen molar-refractivity contribution < 1.29 is 4.79 Å². The van der Waals surface area contributed by atoms with Crippen molar-refractivity contribution in [3.8, 4) is 0 Å². The maximum Gasteiger partial charge on any atom is 0.227 e. The van der Waals surface area contributed by atoms with E-state index in [1.54, 1.807) is 4.90 Å². The topological polar surface area (TPSA) is 49.6 Å². The van der Waals surface area contributed by atoms with Gasteiger partial charge < -0.3 is 15.5 Å². The Bertz CT molecular complexity index is 470. The minimum atomic E-state index is 0.186. The number of likely N-dealkylation sites (N-methyl/N-ethyl adjacent to an activating group) is 1. The zero-order valence-corrected chi connectivity index (χ0v) is 12.0. The summed E-state index contributed by atoms with van der Waals surface area (Å²) in [5, 5.41) is 0. The molecule has 0 fully saturated rings. The van der Waals surface area contributed by atoms with Gasteiger partial charge in [0.2, 0.25) is 5.91 Å². The largest absolute Gasteiger partial charge is 0.327 e. The highest BCUT2D eigenvalue weighted by atomic mass is 16.2. The number of benzene rings is 1. The molecule has 19 heavy (non-hydrogen) atoms. The van der Waals surface area contributed by atoms with Crippen LogP contribution < -0.4 is 10.6 Å². The van der Waals surface area contributed by atoms with Crippen LogP contribution in [0.3, 0.4) is 0 Å². The van der Waals surface area contributed by atoms with Gasteiger partial charge in [0.05, 0.1) is 0 Å². The number of anilines is 1. The second-order valence-corrected chi connectivity index (χ2v) is 5.59. The van der Waals surface area contributed by atoms with Gasteiger partial charge in [-0.05, 0) is 37.6 Å². The number of rotatable bonds is 4. The number of nitrogens with zero attached hydrogens (tertiary/aromatic N) is 2. The lowest BCUT2D eigenvalue weighted by Crippen LogP contribution is -2.33. The molecule has 1 aromatic rings. The Morgan fingerprint density at radius 1 is 1.42 bits per heavy atom. The number of hydrogen-bond donors (Lipinski definition) is 1. The molecule has 0 radical (unpaired) electrons. The summed E-state index contributed by atoms with van der Waals surface area (Å²) >= 11 is 0. The van der Waals surface area contributed by atoms with Gasteiger partial charge in [0, 0.05) is 38.3 Å². The minimum Gasteiger partial charge on any atom is -0.327 e. The SMILES string of the molecule is CC(N)CN(C)Cc1ccc2c(c1)CCC(=O)N2C. The number of hydrogen-bond acceptors (Lipinski definition) is 3. The van der Waals surface area contributed by atoms with Gasteiger partial charge in [-0.1, -0.05) is 12.1 Å². The lowest BCUT2D eigenvalue weighted by atomic mass is 9.99. The first-order valence-corrected chi connectivity index (χ1v) is 6.80. The fraction of sp³-hybridized carbons (Fsp3) is 0.533. The quantitative estimate of drug-likeness (QED) is 0.890. The first-order valence-electron chi connectivity index (χ1n) is 6.80. The van der Waals surface area contributed by atoms with E-state index in [1.807, 2.05) is 14.0 Å². The van der Waals surface area contributed by atoms with Crippen LogP contribution in [0.15, 0.2) is 18.2 Å². The Balaban J connectivity index is 2.11. The third-order valence-corrected chi connectivity index (χ3v) is 3.54. The Morgan fingerprint density at radius 2 is 2.16 bits per heavy atom. The fourth-order valence-corrected chi connectivity index (χ4v) is 2.68. The molecule has 1 unspecified atom stereocenters. The third-order valence-electron chi connectivity index (χ3n) is 3.54. The monoisotopic (exact) mass is 261 g/mol. The van der Waals surface area contributed by atoms with E-state index in [0.717, 1.165) is 25.2 Å². The van der Waals surface area contributed by atoms with Crippen LogP contribution >= 0.6 is 0 Å². The van der Waals surface area contributed by atoms with E-state index in [2.05, 4.69) is 30.1 Å². The first-order chi connectivity index (χ1) is 8.97. The van der Waals surface area contributed by atoms with Crippen LogP contribution in [-0.2, 0) is 17.8 Å². The lowest BCUT2D eigenvalue weighted by molar-refractivity contribution is -0.118. The molecule has 0 saturated carbocycles. The molecule has 0 aliphatic carbocycles. The molecule has 0 bridgehead atoms. The Morgan fingerprint density at radius 3 is 2.84 bits per heavy atom. The number of carbonyl (C=O) groups is 1. The smallest absolute Gasteiger partial charge is 0.227 e. The second-order valence-electron chi connectivity index (χ2n) is 5.59. The molecular weight excluding hydrogens is 238 g/mol. The van der Waals surface area contributed by atoms with E-state index in [1.165, 1.54) is 11.1 Å². The Labute approximate surface area is 115 Å². The van der Waals surface area contributed by atoms with Crippen molar-refractivity contribution >= 4 is 11.6 Å². The fourth-order valence-electron chi connectivity index (χ4n) is 2.68. The molecule has 0 aromatic heterocycles. The van der Waals surface area contributed by atoms with E-state index in [-0.39, 0.29) is 11.9 Å². The molecule has 1 aliphatic rings. The molecule has 2 rings (SSSR count). The van der Waals surface area contributed by atoms with Gasteiger partial charge in [-0.25, -0.2) is 0 Å². The third kappa shape index (κ3) is 3.33. The molecule has 1 aliphatic heterocycles. The summed E-state index contributed by atoms with van der Waals surface area (Å²) in [5.74, 6) is 0.203. The Kier molecular flexibility index (Phi) is 4.22. The highest BCUT2D eigenvalue weighted by Crippen LogP contribution is 2.27. The van der Waals surface area contributed by atoms with Gasteiger partial charge in [0.25, 0.3) is 0 Å². The number of amides is 1. The number of nitrogens with two attached hydrogens (primary N) is 1. The summed E-state index contributed by atoms with van der Waals surface area (Å²) in [6.07, 6.45) is 1.46. The summed E-state index contributed by atoms with van der Waals surface area (Å²) in [6, 6.07) is 6.56. The van der Waals surface area contributed by atoms with Crippen LogP contribution in [0, 0.1) is 0 Å². The molecule has 1 atom stereocenters. The van der Waals surface area contributed by atoms with Crippen molar-refractivity contribution in [3.05, 3.63) is 29.3 Å². The number of aryl methyl sites for hydroxylation is 1. The number of fused-ring (bicyclic) bond motifs is 1. The van der Waals surface area contributed by atoms with Crippen molar-refractivity contribution in [2.45, 2.75) is 32.4 Å². The molecule has 1 amide bonds. The average molecular weight is 261 g/mol. The van der Waals surface area contributed by atoms with Crippen LogP contribution in [0.25, 0.3) is 0 Å². The standard InChI is InChI=1S/C15H23N3O/c1-11(16)9-17(2)10-12-4-6-14-13(8-12)5-7-15(19)18(14)3/h4,6,8,11H,5,7,9-10,16H2,1-3H3. The molecule has 0 spiro atoms. The normalized spacial score (nSPS) is 16.7. The van der Waals surface area contributed by atoms with Gasteiger partial charge in [0.15, 0.2) is 0 Å². The van der Waals surface area contributed by atoms with Gasteiger partial charge in [-0.15, -0.1) is 0 Å². The van der Waals surface area contributed by atoms with Gasteiger partial charge >= 0.3 is 0 Å². The summed E-state index contributed by atoms with van der Waals surface area (Å²) in [4.78, 5) is 15.6. The van der Waals surface area contributed by atoms with E-state index in [9.17, 15) is 4.79 Å². The lowest BCUT2D eigenvalue weighted by Gasteiger charge is -2.27. The molecule has 4 heteroatoms. The molecule has 4 nitrogen and oxygen atoms in total. The number of carbonyl (C=O) groups excluding carboxylic acids is 1. The summed E-state index contributed by atoms with van der Waals surface area (Å²) in [5.41, 5.74) is 9.41. The molecule has 104 valence electrons. The van der Waals surface area contributed by atoms with Crippen molar-refractivity contribution in [1.29, 1.82) is 0 Å². The highest BCUT2D eigenvalue weighted by molar-refractivity contribution is 5.95. The van der Waals surface area contributed by atoms with Gasteiger partial charge in [-0.3, -0.25) is 4.79 Å². The predicted molar refractivity (Wildman–Crippen MR) is 78.2 cm³/mol. The maximum atomic E-state index is 11.6. The van der Waals surface area contributed by atoms with Gasteiger partial charge in [-0.2, -0.15) is 0 Å². The molecule has 2 N–H and O–H groups in total. The molecule has 0 saturated heterocycles. The minimum absolute atomic E-state index is 0.186. The van der Waals surface area contributed by atoms with E-state index in [0.29, 0.717) is 6.42 Å². The molecule has 1 heterocycles. The van der Waals surface area contributed by atoms with Crippen molar-refractivity contribution in [3.63, 3.8) is 0 Å². The predicted octanol–water partition coefficient (Wildman–Crippen LogP) is 1.37. The van der Waals surface area contributed by atoms with Gasteiger partial charge in [0.1, 0.15) is 0 Å². The second kappa shape index (κ2) is 5.72. The zero-order chi connectivity index (χ0) is 14.0. The molecular formula is C15H23N3O. The highest BCUT2D eigenvalue weighted by Gasteiger charge is 2.20. The van der Waals surface area contributed by atoms with Crippen molar-refractivity contribution in [2.75, 3.05) is 25.5 Å². The summed E-state index contributed by atoms with van der Waals surface area (Å²) in [7, 11) is 3.93. The van der Waals surface area contributed by atoms with Crippen molar-refractivity contribution in [2.24, 2.45) is 5.73 Å².